The van der Waals surface area contributed by atoms with Gasteiger partial charge in [0.1, 0.15) is 18.1 Å². The third-order valence-corrected chi connectivity index (χ3v) is 6.79. The molecule has 38 heavy (non-hydrogen) atoms. The Morgan fingerprint density at radius 3 is 2.68 bits per heavy atom. The number of nitrogens with zero attached hydrogens (tertiary/aromatic N) is 5. The van der Waals surface area contributed by atoms with Gasteiger partial charge >= 0.3 is 5.69 Å². The number of amides is 1. The fourth-order valence-corrected chi connectivity index (χ4v) is 4.94. The summed E-state index contributed by atoms with van der Waals surface area (Å²) >= 11 is 0. The Morgan fingerprint density at radius 2 is 2.03 bits per heavy atom. The molecule has 1 aromatic carbocycles. The van der Waals surface area contributed by atoms with Crippen LogP contribution in [-0.4, -0.2) is 43.8 Å². The van der Waals surface area contributed by atoms with Crippen LogP contribution in [0.15, 0.2) is 52.0 Å². The molecule has 10 nitrogen and oxygen atoms in total. The van der Waals surface area contributed by atoms with Crippen LogP contribution in [0.25, 0.3) is 33.1 Å². The first-order valence-electron chi connectivity index (χ1n) is 12.6. The zero-order valence-corrected chi connectivity index (χ0v) is 22.1. The Morgan fingerprint density at radius 1 is 1.21 bits per heavy atom. The highest BCUT2D eigenvalue weighted by atomic mass is 16.5. The molecule has 0 saturated carbocycles. The number of hydrogen-bond acceptors (Lipinski definition) is 7. The molecule has 1 N–H and O–H groups in total. The maximum atomic E-state index is 13.9. The van der Waals surface area contributed by atoms with E-state index < -0.39 is 6.04 Å². The number of nitrogens with one attached hydrogen (secondary N) is 1. The van der Waals surface area contributed by atoms with Gasteiger partial charge in [0, 0.05) is 23.7 Å². The first-order chi connectivity index (χ1) is 18.3. The predicted molar refractivity (Wildman–Crippen MR) is 144 cm³/mol. The maximum Gasteiger partial charge on any atom is 0.330 e. The van der Waals surface area contributed by atoms with Crippen molar-refractivity contribution in [2.45, 2.75) is 46.7 Å². The van der Waals surface area contributed by atoms with Gasteiger partial charge in [0.25, 0.3) is 0 Å². The lowest BCUT2D eigenvalue weighted by Gasteiger charge is -2.15. The van der Waals surface area contributed by atoms with Gasteiger partial charge in [-0.25, -0.2) is 4.79 Å². The molecule has 1 atom stereocenters. The Labute approximate surface area is 219 Å². The molecule has 1 unspecified atom stereocenters. The number of methoxy groups -OCH3 is 1. The summed E-state index contributed by atoms with van der Waals surface area (Å²) in [5.41, 5.74) is 4.69. The number of fused-ring (bicyclic) bond motifs is 3. The van der Waals surface area contributed by atoms with Gasteiger partial charge in [0.15, 0.2) is 0 Å². The summed E-state index contributed by atoms with van der Waals surface area (Å²) in [5, 5.41) is 7.67. The van der Waals surface area contributed by atoms with E-state index in [2.05, 4.69) is 15.5 Å². The lowest BCUT2D eigenvalue weighted by molar-refractivity contribution is -0.121. The molecule has 4 heterocycles. The van der Waals surface area contributed by atoms with Crippen molar-refractivity contribution in [3.8, 4) is 16.9 Å². The number of aryl methyl sites for hydroxylation is 2. The number of benzene rings is 1. The van der Waals surface area contributed by atoms with Gasteiger partial charge in [-0.15, -0.1) is 0 Å². The lowest BCUT2D eigenvalue weighted by Crippen LogP contribution is -2.34. The number of rotatable bonds is 8. The molecule has 0 aliphatic rings. The van der Waals surface area contributed by atoms with Crippen LogP contribution in [0.2, 0.25) is 0 Å². The molecule has 196 valence electrons. The highest BCUT2D eigenvalue weighted by molar-refractivity contribution is 6.05. The molecule has 0 aliphatic carbocycles. The van der Waals surface area contributed by atoms with E-state index >= 15 is 0 Å². The van der Waals surface area contributed by atoms with Crippen molar-refractivity contribution in [3.05, 3.63) is 70.4 Å². The summed E-state index contributed by atoms with van der Waals surface area (Å²) < 4.78 is 14.4. The second-order valence-electron chi connectivity index (χ2n) is 9.28. The number of carbonyl (C=O) groups excluding carboxylic acids is 1. The van der Waals surface area contributed by atoms with Crippen LogP contribution in [0.3, 0.4) is 0 Å². The first-order valence-corrected chi connectivity index (χ1v) is 12.6. The Hall–Kier alpha value is -4.47. The van der Waals surface area contributed by atoms with Gasteiger partial charge in [-0.2, -0.15) is 0 Å². The average Bonchev–Trinajstić information content (AvgIpc) is 3.41. The van der Waals surface area contributed by atoms with Crippen LogP contribution in [0.4, 0.5) is 0 Å². The van der Waals surface area contributed by atoms with Crippen LogP contribution < -0.4 is 15.7 Å². The summed E-state index contributed by atoms with van der Waals surface area (Å²) in [6.45, 7) is 8.06. The van der Waals surface area contributed by atoms with Crippen molar-refractivity contribution in [1.29, 1.82) is 0 Å². The van der Waals surface area contributed by atoms with Crippen molar-refractivity contribution < 1.29 is 14.1 Å². The fraction of sp³-hybridized carbons (Fsp3) is 0.321. The molecule has 0 saturated heterocycles. The molecule has 5 aromatic rings. The lowest BCUT2D eigenvalue weighted by atomic mass is 10.00. The van der Waals surface area contributed by atoms with Crippen LogP contribution in [0.5, 0.6) is 5.75 Å². The number of hydrogen-bond donors (Lipinski definition) is 1. The highest BCUT2D eigenvalue weighted by Crippen LogP contribution is 2.39. The number of imidazole rings is 1. The molecule has 0 spiro atoms. The van der Waals surface area contributed by atoms with Gasteiger partial charge in [0.05, 0.1) is 52.8 Å². The smallest absolute Gasteiger partial charge is 0.330 e. The minimum absolute atomic E-state index is 0.112. The monoisotopic (exact) mass is 514 g/mol. The van der Waals surface area contributed by atoms with Crippen molar-refractivity contribution >= 4 is 27.8 Å². The van der Waals surface area contributed by atoms with Gasteiger partial charge in [-0.1, -0.05) is 18.1 Å². The van der Waals surface area contributed by atoms with E-state index in [1.165, 1.54) is 4.57 Å². The summed E-state index contributed by atoms with van der Waals surface area (Å²) in [7, 11) is 1.60. The topological polar surface area (TPSA) is 117 Å². The Kier molecular flexibility index (Phi) is 6.71. The van der Waals surface area contributed by atoms with Gasteiger partial charge < -0.3 is 14.6 Å². The molecule has 0 fully saturated rings. The van der Waals surface area contributed by atoms with Gasteiger partial charge in [-0.05, 0) is 51.5 Å². The SMILES string of the molecule is CCCNC(=O)Cn1c(=O)n(C(C)c2ccccn2)c2c3cc(OC)c(-c4c(C)noc4C)cc3ncc21. The third-order valence-electron chi connectivity index (χ3n) is 6.79. The van der Waals surface area contributed by atoms with Crippen LogP contribution >= 0.6 is 0 Å². The van der Waals surface area contributed by atoms with Crippen molar-refractivity contribution in [2.24, 2.45) is 0 Å². The van der Waals surface area contributed by atoms with E-state index in [1.807, 2.05) is 58.0 Å². The van der Waals surface area contributed by atoms with Crippen LogP contribution in [0.1, 0.15) is 43.5 Å². The van der Waals surface area contributed by atoms with Crippen LogP contribution in [-0.2, 0) is 11.3 Å². The third kappa shape index (κ3) is 4.21. The Balaban J connectivity index is 1.80. The van der Waals surface area contributed by atoms with Crippen molar-refractivity contribution in [1.82, 2.24) is 29.6 Å². The maximum absolute atomic E-state index is 13.9. The van der Waals surface area contributed by atoms with Crippen molar-refractivity contribution in [2.75, 3.05) is 13.7 Å². The average molecular weight is 515 g/mol. The fourth-order valence-electron chi connectivity index (χ4n) is 4.94. The second kappa shape index (κ2) is 10.1. The summed E-state index contributed by atoms with van der Waals surface area (Å²) in [6.07, 6.45) is 4.16. The molecule has 0 bridgehead atoms. The summed E-state index contributed by atoms with van der Waals surface area (Å²) in [5.74, 6) is 1.04. The van der Waals surface area contributed by atoms with Crippen LogP contribution in [0, 0.1) is 13.8 Å². The number of aromatic nitrogens is 5. The summed E-state index contributed by atoms with van der Waals surface area (Å²) in [4.78, 5) is 35.8. The van der Waals surface area contributed by atoms with Gasteiger partial charge in [-0.3, -0.25) is 23.9 Å². The minimum atomic E-state index is -0.398. The molecule has 0 aliphatic heterocycles. The van der Waals surface area contributed by atoms with E-state index in [9.17, 15) is 9.59 Å². The molecular formula is C28H30N6O4. The number of pyridine rings is 2. The van der Waals surface area contributed by atoms with E-state index in [4.69, 9.17) is 14.2 Å². The zero-order valence-electron chi connectivity index (χ0n) is 22.1. The molecule has 0 radical (unpaired) electrons. The van der Waals surface area contributed by atoms with Crippen molar-refractivity contribution in [3.63, 3.8) is 0 Å². The number of carbonyl (C=O) groups is 1. The standard InChI is InChI=1S/C28H30N6O4/c1-6-10-30-25(35)15-33-23-14-31-22-12-20(26-16(2)32-38-18(26)4)24(37-5)13-19(22)27(23)34(28(33)36)17(3)21-9-7-8-11-29-21/h7-9,11-14,17H,6,10,15H2,1-5H3,(H,30,35). The van der Waals surface area contributed by atoms with E-state index in [0.717, 1.165) is 34.3 Å². The van der Waals surface area contributed by atoms with E-state index in [0.29, 0.717) is 34.6 Å². The quantitative estimate of drug-likeness (QED) is 0.330. The minimum Gasteiger partial charge on any atom is -0.496 e. The molecular weight excluding hydrogens is 484 g/mol. The zero-order chi connectivity index (χ0) is 27.0. The molecule has 1 amide bonds. The molecule has 4 aromatic heterocycles. The van der Waals surface area contributed by atoms with Gasteiger partial charge in [0.2, 0.25) is 5.91 Å². The highest BCUT2D eigenvalue weighted by Gasteiger charge is 2.25. The normalized spacial score (nSPS) is 12.2. The molecule has 10 heteroatoms. The summed E-state index contributed by atoms with van der Waals surface area (Å²) in [6, 6.07) is 9.01. The Bertz CT molecular complexity index is 1680. The van der Waals surface area contributed by atoms with E-state index in [1.54, 1.807) is 24.1 Å². The predicted octanol–water partition coefficient (Wildman–Crippen LogP) is 4.16. The molecule has 5 rings (SSSR count). The second-order valence-corrected chi connectivity index (χ2v) is 9.28. The number of ether oxygens (including phenoxy) is 1. The largest absolute Gasteiger partial charge is 0.496 e. The first kappa shape index (κ1) is 25.2. The van der Waals surface area contributed by atoms with E-state index in [-0.39, 0.29) is 18.1 Å².